The molecular formula is C25H22F3N3O3. The van der Waals surface area contributed by atoms with Crippen LogP contribution < -0.4 is 10.1 Å². The number of nitrogens with zero attached hydrogens (tertiary/aromatic N) is 2. The van der Waals surface area contributed by atoms with Gasteiger partial charge in [0.2, 0.25) is 0 Å². The average Bonchev–Trinajstić information content (AvgIpc) is 2.84. The Labute approximate surface area is 194 Å². The number of amides is 2. The van der Waals surface area contributed by atoms with Crippen molar-refractivity contribution in [2.75, 3.05) is 13.1 Å². The number of hydrogen-bond acceptors (Lipinski definition) is 4. The minimum Gasteiger partial charge on any atom is -0.457 e. The molecule has 1 aromatic heterocycles. The lowest BCUT2D eigenvalue weighted by molar-refractivity contribution is -0.137. The molecule has 34 heavy (non-hydrogen) atoms. The third kappa shape index (κ3) is 5.72. The highest BCUT2D eigenvalue weighted by atomic mass is 19.4. The van der Waals surface area contributed by atoms with Gasteiger partial charge in [0.1, 0.15) is 11.5 Å². The lowest BCUT2D eigenvalue weighted by atomic mass is 10.0. The van der Waals surface area contributed by atoms with E-state index in [0.717, 1.165) is 12.1 Å². The molecule has 9 heteroatoms. The van der Waals surface area contributed by atoms with E-state index in [4.69, 9.17) is 4.74 Å². The smallest absolute Gasteiger partial charge is 0.416 e. The van der Waals surface area contributed by atoms with Crippen molar-refractivity contribution in [3.63, 3.8) is 0 Å². The number of alkyl halides is 3. The highest BCUT2D eigenvalue weighted by Crippen LogP contribution is 2.33. The van der Waals surface area contributed by atoms with Crippen molar-refractivity contribution in [1.29, 1.82) is 0 Å². The van der Waals surface area contributed by atoms with Gasteiger partial charge in [-0.2, -0.15) is 13.2 Å². The fourth-order valence-corrected chi connectivity index (χ4v) is 3.74. The molecule has 1 saturated heterocycles. The van der Waals surface area contributed by atoms with Gasteiger partial charge in [0.15, 0.2) is 0 Å². The number of benzene rings is 2. The van der Waals surface area contributed by atoms with E-state index in [9.17, 15) is 22.8 Å². The quantitative estimate of drug-likeness (QED) is 0.576. The summed E-state index contributed by atoms with van der Waals surface area (Å²) in [6.45, 7) is 0.936. The maximum absolute atomic E-state index is 13.0. The van der Waals surface area contributed by atoms with Gasteiger partial charge in [0.25, 0.3) is 11.8 Å². The van der Waals surface area contributed by atoms with Crippen LogP contribution in [0.4, 0.5) is 13.2 Å². The molecule has 1 aliphatic heterocycles. The number of carbonyl (C=O) groups is 2. The summed E-state index contributed by atoms with van der Waals surface area (Å²) in [7, 11) is 0. The molecule has 0 saturated carbocycles. The lowest BCUT2D eigenvalue weighted by Gasteiger charge is -2.32. The Morgan fingerprint density at radius 2 is 1.62 bits per heavy atom. The summed E-state index contributed by atoms with van der Waals surface area (Å²) in [5.74, 6) is -0.0998. The second-order valence-corrected chi connectivity index (χ2v) is 7.94. The van der Waals surface area contributed by atoms with Crippen molar-refractivity contribution in [2.45, 2.75) is 25.1 Å². The van der Waals surface area contributed by atoms with Crippen molar-refractivity contribution >= 4 is 11.8 Å². The van der Waals surface area contributed by atoms with Crippen LogP contribution in [0.5, 0.6) is 11.5 Å². The minimum atomic E-state index is -4.47. The third-order valence-corrected chi connectivity index (χ3v) is 5.52. The Bertz CT molecular complexity index is 1160. The predicted molar refractivity (Wildman–Crippen MR) is 119 cm³/mol. The molecular weight excluding hydrogens is 447 g/mol. The molecule has 0 bridgehead atoms. The number of rotatable bonds is 5. The third-order valence-electron chi connectivity index (χ3n) is 5.52. The summed E-state index contributed by atoms with van der Waals surface area (Å²) in [5.41, 5.74) is 0.0524. The fourth-order valence-electron chi connectivity index (χ4n) is 3.74. The largest absolute Gasteiger partial charge is 0.457 e. The van der Waals surface area contributed by atoms with Gasteiger partial charge in [-0.1, -0.05) is 12.1 Å². The second kappa shape index (κ2) is 9.94. The normalized spacial score (nSPS) is 14.5. The van der Waals surface area contributed by atoms with Crippen molar-refractivity contribution in [2.24, 2.45) is 0 Å². The molecule has 4 rings (SSSR count). The molecule has 6 nitrogen and oxygen atoms in total. The highest BCUT2D eigenvalue weighted by molar-refractivity contribution is 5.95. The van der Waals surface area contributed by atoms with Gasteiger partial charge in [-0.15, -0.1) is 0 Å². The Morgan fingerprint density at radius 1 is 0.941 bits per heavy atom. The molecule has 1 aliphatic rings. The standard InChI is InChI=1S/C25H22F3N3O3/c26-25(27,28)19-6-2-8-22(15-19)34-21-7-1-4-17(14-21)24(33)31-12-9-20(10-13-31)30-23(32)18-5-3-11-29-16-18/h1-8,11,14-16,20H,9-10,12-13H2,(H,30,32). The van der Waals surface area contributed by atoms with Crippen molar-refractivity contribution in [3.05, 3.63) is 89.7 Å². The first-order valence-corrected chi connectivity index (χ1v) is 10.7. The first-order valence-electron chi connectivity index (χ1n) is 10.7. The maximum atomic E-state index is 13.0. The van der Waals surface area contributed by atoms with E-state index in [1.807, 2.05) is 0 Å². The van der Waals surface area contributed by atoms with Crippen LogP contribution in [0.3, 0.4) is 0 Å². The predicted octanol–water partition coefficient (Wildman–Crippen LogP) is 4.93. The van der Waals surface area contributed by atoms with E-state index in [2.05, 4.69) is 10.3 Å². The van der Waals surface area contributed by atoms with E-state index in [1.165, 1.54) is 24.4 Å². The minimum absolute atomic E-state index is 0.0320. The van der Waals surface area contributed by atoms with Gasteiger partial charge >= 0.3 is 6.18 Å². The molecule has 1 N–H and O–H groups in total. The molecule has 0 unspecified atom stereocenters. The molecule has 2 aromatic carbocycles. The second-order valence-electron chi connectivity index (χ2n) is 7.94. The van der Waals surface area contributed by atoms with Crippen LogP contribution in [0.1, 0.15) is 39.1 Å². The van der Waals surface area contributed by atoms with Crippen molar-refractivity contribution in [1.82, 2.24) is 15.2 Å². The van der Waals surface area contributed by atoms with Gasteiger partial charge in [-0.05, 0) is 61.4 Å². The van der Waals surface area contributed by atoms with E-state index < -0.39 is 11.7 Å². The summed E-state index contributed by atoms with van der Waals surface area (Å²) in [4.78, 5) is 30.9. The zero-order chi connectivity index (χ0) is 24.1. The Kier molecular flexibility index (Phi) is 6.81. The van der Waals surface area contributed by atoms with Gasteiger partial charge < -0.3 is 15.0 Å². The molecule has 0 atom stereocenters. The number of hydrogen-bond donors (Lipinski definition) is 1. The Morgan fingerprint density at radius 3 is 2.29 bits per heavy atom. The molecule has 2 amide bonds. The van der Waals surface area contributed by atoms with E-state index in [1.54, 1.807) is 41.4 Å². The van der Waals surface area contributed by atoms with Gasteiger partial charge in [0, 0.05) is 37.1 Å². The average molecular weight is 469 g/mol. The molecule has 1 fully saturated rings. The van der Waals surface area contributed by atoms with E-state index in [-0.39, 0.29) is 29.4 Å². The van der Waals surface area contributed by atoms with Gasteiger partial charge in [-0.3, -0.25) is 14.6 Å². The van der Waals surface area contributed by atoms with Crippen LogP contribution >= 0.6 is 0 Å². The molecule has 0 aliphatic carbocycles. The fraction of sp³-hybridized carbons (Fsp3) is 0.240. The number of likely N-dealkylation sites (tertiary alicyclic amines) is 1. The van der Waals surface area contributed by atoms with Crippen LogP contribution in [-0.2, 0) is 6.18 Å². The molecule has 176 valence electrons. The Balaban J connectivity index is 1.35. The lowest BCUT2D eigenvalue weighted by Crippen LogP contribution is -2.46. The van der Waals surface area contributed by atoms with E-state index >= 15 is 0 Å². The molecule has 2 heterocycles. The van der Waals surface area contributed by atoms with Crippen LogP contribution in [0.2, 0.25) is 0 Å². The van der Waals surface area contributed by atoms with Crippen molar-refractivity contribution < 1.29 is 27.5 Å². The topological polar surface area (TPSA) is 71.5 Å². The summed E-state index contributed by atoms with van der Waals surface area (Å²) < 4.78 is 44.4. The highest BCUT2D eigenvalue weighted by Gasteiger charge is 2.30. The zero-order valence-electron chi connectivity index (χ0n) is 18.1. The number of nitrogens with one attached hydrogen (secondary N) is 1. The zero-order valence-corrected chi connectivity index (χ0v) is 18.1. The number of piperidine rings is 1. The number of aromatic nitrogens is 1. The summed E-state index contributed by atoms with van der Waals surface area (Å²) in [6, 6.07) is 14.3. The molecule has 0 radical (unpaired) electrons. The Hall–Kier alpha value is -3.88. The number of pyridine rings is 1. The van der Waals surface area contributed by atoms with Crippen LogP contribution in [0, 0.1) is 0 Å². The monoisotopic (exact) mass is 469 g/mol. The SMILES string of the molecule is O=C(NC1CCN(C(=O)c2cccc(Oc3cccc(C(F)(F)F)c3)c2)CC1)c1cccnc1. The van der Waals surface area contributed by atoms with Crippen LogP contribution in [0.15, 0.2) is 73.1 Å². The van der Waals surface area contributed by atoms with Crippen molar-refractivity contribution in [3.8, 4) is 11.5 Å². The first-order chi connectivity index (χ1) is 16.3. The van der Waals surface area contributed by atoms with Gasteiger partial charge in [-0.25, -0.2) is 0 Å². The molecule has 0 spiro atoms. The van der Waals surface area contributed by atoms with E-state index in [0.29, 0.717) is 37.1 Å². The summed E-state index contributed by atoms with van der Waals surface area (Å²) in [5, 5.41) is 2.97. The number of ether oxygens (including phenoxy) is 1. The summed E-state index contributed by atoms with van der Waals surface area (Å²) in [6.07, 6.45) is -0.153. The van der Waals surface area contributed by atoms with Gasteiger partial charge in [0.05, 0.1) is 11.1 Å². The number of carbonyl (C=O) groups excluding carboxylic acids is 2. The molecule has 3 aromatic rings. The first kappa shape index (κ1) is 23.3. The number of halogens is 3. The van der Waals surface area contributed by atoms with Crippen LogP contribution in [-0.4, -0.2) is 40.8 Å². The maximum Gasteiger partial charge on any atom is 0.416 e. The summed E-state index contributed by atoms with van der Waals surface area (Å²) >= 11 is 0. The van der Waals surface area contributed by atoms with Crippen LogP contribution in [0.25, 0.3) is 0 Å².